The highest BCUT2D eigenvalue weighted by atomic mass is 16.5. The van der Waals surface area contributed by atoms with Gasteiger partial charge in [0.25, 0.3) is 0 Å². The number of unbranched alkanes of at least 4 members (excludes halogenated alkanes) is 1. The van der Waals surface area contributed by atoms with Crippen molar-refractivity contribution in [3.63, 3.8) is 0 Å². The van der Waals surface area contributed by atoms with Crippen LogP contribution in [0.2, 0.25) is 0 Å². The van der Waals surface area contributed by atoms with Crippen molar-refractivity contribution in [2.45, 2.75) is 32.8 Å². The third kappa shape index (κ3) is 3.42. The lowest BCUT2D eigenvalue weighted by Gasteiger charge is -2.14. The molecule has 0 saturated heterocycles. The maximum atomic E-state index is 9.60. The van der Waals surface area contributed by atoms with Gasteiger partial charge in [-0.15, -0.1) is 0 Å². The molecular weight excluding hydrogens is 204 g/mol. The van der Waals surface area contributed by atoms with Gasteiger partial charge in [0.15, 0.2) is 0 Å². The van der Waals surface area contributed by atoms with E-state index in [0.717, 1.165) is 24.2 Å². The number of rotatable bonds is 6. The zero-order valence-electron chi connectivity index (χ0n) is 10.2. The molecule has 0 aliphatic carbocycles. The predicted octanol–water partition coefficient (Wildman–Crippen LogP) is 2.93. The number of hydrogen-bond donors (Lipinski definition) is 1. The molecule has 16 heavy (non-hydrogen) atoms. The molecule has 0 bridgehead atoms. The van der Waals surface area contributed by atoms with Crippen molar-refractivity contribution in [1.82, 2.24) is 0 Å². The SMILES string of the molecule is CCCCOc1cc(OC)ccc1[C@H](C)O. The molecule has 0 fully saturated rings. The van der Waals surface area contributed by atoms with E-state index in [0.29, 0.717) is 12.4 Å². The second kappa shape index (κ2) is 6.38. The Kier molecular flexibility index (Phi) is 5.12. The average Bonchev–Trinajstić information content (AvgIpc) is 2.29. The van der Waals surface area contributed by atoms with Crippen LogP contribution in [0.4, 0.5) is 0 Å². The van der Waals surface area contributed by atoms with Gasteiger partial charge >= 0.3 is 0 Å². The third-order valence-corrected chi connectivity index (χ3v) is 2.43. The fraction of sp³-hybridized carbons (Fsp3) is 0.538. The van der Waals surface area contributed by atoms with Gasteiger partial charge in [0.2, 0.25) is 0 Å². The van der Waals surface area contributed by atoms with Crippen LogP contribution in [0, 0.1) is 0 Å². The van der Waals surface area contributed by atoms with E-state index in [4.69, 9.17) is 9.47 Å². The van der Waals surface area contributed by atoms with Gasteiger partial charge in [0.05, 0.1) is 19.8 Å². The van der Waals surface area contributed by atoms with Crippen LogP contribution < -0.4 is 9.47 Å². The molecule has 0 saturated carbocycles. The summed E-state index contributed by atoms with van der Waals surface area (Å²) in [6, 6.07) is 5.48. The Hall–Kier alpha value is -1.22. The highest BCUT2D eigenvalue weighted by molar-refractivity contribution is 5.41. The number of methoxy groups -OCH3 is 1. The zero-order chi connectivity index (χ0) is 12.0. The van der Waals surface area contributed by atoms with E-state index in [-0.39, 0.29) is 0 Å². The van der Waals surface area contributed by atoms with E-state index >= 15 is 0 Å². The molecule has 0 radical (unpaired) electrons. The molecule has 0 spiro atoms. The van der Waals surface area contributed by atoms with Crippen LogP contribution in [0.1, 0.15) is 38.4 Å². The van der Waals surface area contributed by atoms with Crippen LogP contribution in [-0.4, -0.2) is 18.8 Å². The molecule has 0 unspecified atom stereocenters. The maximum absolute atomic E-state index is 9.60. The number of hydrogen-bond acceptors (Lipinski definition) is 3. The lowest BCUT2D eigenvalue weighted by Crippen LogP contribution is -2.02. The van der Waals surface area contributed by atoms with Crippen LogP contribution in [0.25, 0.3) is 0 Å². The average molecular weight is 224 g/mol. The van der Waals surface area contributed by atoms with Gasteiger partial charge in [-0.1, -0.05) is 13.3 Å². The largest absolute Gasteiger partial charge is 0.497 e. The van der Waals surface area contributed by atoms with Crippen molar-refractivity contribution in [2.24, 2.45) is 0 Å². The second-order valence-corrected chi connectivity index (χ2v) is 3.78. The highest BCUT2D eigenvalue weighted by Gasteiger charge is 2.10. The highest BCUT2D eigenvalue weighted by Crippen LogP contribution is 2.29. The fourth-order valence-corrected chi connectivity index (χ4v) is 1.44. The van der Waals surface area contributed by atoms with Gasteiger partial charge in [-0.05, 0) is 25.5 Å². The molecule has 0 aromatic heterocycles. The summed E-state index contributed by atoms with van der Waals surface area (Å²) in [5.41, 5.74) is 0.803. The lowest BCUT2D eigenvalue weighted by molar-refractivity contribution is 0.190. The summed E-state index contributed by atoms with van der Waals surface area (Å²) >= 11 is 0. The Morgan fingerprint density at radius 2 is 2.12 bits per heavy atom. The van der Waals surface area contributed by atoms with Crippen LogP contribution in [0.15, 0.2) is 18.2 Å². The molecule has 90 valence electrons. The Bertz CT molecular complexity index is 321. The molecule has 1 atom stereocenters. The minimum absolute atomic E-state index is 0.525. The first-order chi connectivity index (χ1) is 7.69. The molecule has 1 rings (SSSR count). The van der Waals surface area contributed by atoms with Crippen LogP contribution >= 0.6 is 0 Å². The number of ether oxygens (including phenoxy) is 2. The monoisotopic (exact) mass is 224 g/mol. The van der Waals surface area contributed by atoms with Gasteiger partial charge in [0.1, 0.15) is 11.5 Å². The third-order valence-electron chi connectivity index (χ3n) is 2.43. The van der Waals surface area contributed by atoms with E-state index in [2.05, 4.69) is 6.92 Å². The Labute approximate surface area is 97.0 Å². The summed E-state index contributed by atoms with van der Waals surface area (Å²) < 4.78 is 10.8. The molecule has 1 aromatic rings. The molecule has 1 N–H and O–H groups in total. The lowest BCUT2D eigenvalue weighted by atomic mass is 10.1. The van der Waals surface area contributed by atoms with E-state index < -0.39 is 6.10 Å². The van der Waals surface area contributed by atoms with Crippen molar-refractivity contribution in [1.29, 1.82) is 0 Å². The summed E-state index contributed by atoms with van der Waals surface area (Å²) in [6.45, 7) is 4.52. The first kappa shape index (κ1) is 12.8. The number of aliphatic hydroxyl groups excluding tert-OH is 1. The molecule has 0 aliphatic rings. The molecule has 3 nitrogen and oxygen atoms in total. The summed E-state index contributed by atoms with van der Waals surface area (Å²) in [7, 11) is 1.62. The summed E-state index contributed by atoms with van der Waals surface area (Å²) in [4.78, 5) is 0. The minimum atomic E-state index is -0.525. The second-order valence-electron chi connectivity index (χ2n) is 3.78. The topological polar surface area (TPSA) is 38.7 Å². The zero-order valence-corrected chi connectivity index (χ0v) is 10.2. The molecule has 3 heteroatoms. The first-order valence-electron chi connectivity index (χ1n) is 5.67. The Morgan fingerprint density at radius 1 is 1.38 bits per heavy atom. The van der Waals surface area contributed by atoms with Gasteiger partial charge < -0.3 is 14.6 Å². The Morgan fingerprint density at radius 3 is 2.69 bits per heavy atom. The molecular formula is C13H20O3. The van der Waals surface area contributed by atoms with E-state index in [1.807, 2.05) is 18.2 Å². The van der Waals surface area contributed by atoms with E-state index in [1.165, 1.54) is 0 Å². The van der Waals surface area contributed by atoms with Crippen LogP contribution in [0.3, 0.4) is 0 Å². The fourth-order valence-electron chi connectivity index (χ4n) is 1.44. The standard InChI is InChI=1S/C13H20O3/c1-4-5-8-16-13-9-11(15-3)6-7-12(13)10(2)14/h6-7,9-10,14H,4-5,8H2,1-3H3/t10-/m0/s1. The maximum Gasteiger partial charge on any atom is 0.128 e. The van der Waals surface area contributed by atoms with Gasteiger partial charge in [-0.25, -0.2) is 0 Å². The molecule has 1 aromatic carbocycles. The predicted molar refractivity (Wildman–Crippen MR) is 64.0 cm³/mol. The quantitative estimate of drug-likeness (QED) is 0.755. The summed E-state index contributed by atoms with van der Waals surface area (Å²) in [5, 5.41) is 9.60. The molecule has 0 aliphatic heterocycles. The van der Waals surface area contributed by atoms with E-state index in [1.54, 1.807) is 14.0 Å². The van der Waals surface area contributed by atoms with Crippen LogP contribution in [0.5, 0.6) is 11.5 Å². The smallest absolute Gasteiger partial charge is 0.128 e. The minimum Gasteiger partial charge on any atom is -0.497 e. The number of benzene rings is 1. The van der Waals surface area contributed by atoms with Crippen molar-refractivity contribution in [2.75, 3.05) is 13.7 Å². The first-order valence-corrected chi connectivity index (χ1v) is 5.67. The van der Waals surface area contributed by atoms with E-state index in [9.17, 15) is 5.11 Å². The Balaban J connectivity index is 2.83. The molecule has 0 amide bonds. The van der Waals surface area contributed by atoms with Crippen molar-refractivity contribution >= 4 is 0 Å². The summed E-state index contributed by atoms with van der Waals surface area (Å²) in [6.07, 6.45) is 1.58. The normalized spacial score (nSPS) is 12.2. The van der Waals surface area contributed by atoms with Gasteiger partial charge in [0, 0.05) is 11.6 Å². The van der Waals surface area contributed by atoms with Gasteiger partial charge in [-0.2, -0.15) is 0 Å². The summed E-state index contributed by atoms with van der Waals surface area (Å²) in [5.74, 6) is 1.46. The molecule has 0 heterocycles. The van der Waals surface area contributed by atoms with Crippen LogP contribution in [-0.2, 0) is 0 Å². The number of aliphatic hydroxyl groups is 1. The van der Waals surface area contributed by atoms with Crippen molar-refractivity contribution in [3.8, 4) is 11.5 Å². The van der Waals surface area contributed by atoms with Crippen molar-refractivity contribution < 1.29 is 14.6 Å². The van der Waals surface area contributed by atoms with Crippen molar-refractivity contribution in [3.05, 3.63) is 23.8 Å². The van der Waals surface area contributed by atoms with Gasteiger partial charge in [-0.3, -0.25) is 0 Å².